The van der Waals surface area contributed by atoms with Crippen LogP contribution in [0.25, 0.3) is 33.2 Å². The second-order valence-electron chi connectivity index (χ2n) is 8.49. The van der Waals surface area contributed by atoms with Crippen LogP contribution >= 0.6 is 11.6 Å². The van der Waals surface area contributed by atoms with Crippen molar-refractivity contribution in [2.24, 2.45) is 12.8 Å². The van der Waals surface area contributed by atoms with Crippen LogP contribution in [0.3, 0.4) is 0 Å². The topological polar surface area (TPSA) is 88.7 Å². The normalized spacial score (nSPS) is 26.2. The highest BCUT2D eigenvalue weighted by molar-refractivity contribution is 6.38. The Bertz CT molecular complexity index is 1300. The molecule has 0 amide bonds. The molecule has 1 saturated carbocycles. The van der Waals surface area contributed by atoms with Gasteiger partial charge in [-0.1, -0.05) is 17.7 Å². The van der Waals surface area contributed by atoms with Crippen molar-refractivity contribution < 1.29 is 4.39 Å². The summed E-state index contributed by atoms with van der Waals surface area (Å²) in [6.45, 7) is 0.274. The summed E-state index contributed by atoms with van der Waals surface area (Å²) in [5.41, 5.74) is 8.68. The average molecular weight is 426 g/mol. The third-order valence-electron chi connectivity index (χ3n) is 6.65. The number of H-pyrrole nitrogens is 1. The molecule has 3 atom stereocenters. The van der Waals surface area contributed by atoms with Crippen LogP contribution in [0.5, 0.6) is 0 Å². The molecule has 3 N–H and O–H groups in total. The summed E-state index contributed by atoms with van der Waals surface area (Å²) in [6, 6.07) is 3.71. The summed E-state index contributed by atoms with van der Waals surface area (Å²) in [7, 11) is 1.87. The Morgan fingerprint density at radius 3 is 3.00 bits per heavy atom. The number of hydrogen-bond acceptors (Lipinski definition) is 5. The number of halogens is 2. The number of piperidine rings is 2. The van der Waals surface area contributed by atoms with E-state index in [4.69, 9.17) is 22.3 Å². The minimum atomic E-state index is -1.35. The largest absolute Gasteiger partial charge is 0.349 e. The number of aryl methyl sites for hydroxylation is 1. The average Bonchev–Trinajstić information content (AvgIpc) is 3.32. The fourth-order valence-corrected chi connectivity index (χ4v) is 5.30. The Labute approximate surface area is 177 Å². The number of aromatic amines is 1. The monoisotopic (exact) mass is 425 g/mol. The quantitative estimate of drug-likeness (QED) is 0.512. The first-order chi connectivity index (χ1) is 14.4. The van der Waals surface area contributed by atoms with E-state index in [2.05, 4.69) is 15.1 Å². The van der Waals surface area contributed by atoms with Gasteiger partial charge in [0.1, 0.15) is 17.0 Å². The van der Waals surface area contributed by atoms with Crippen molar-refractivity contribution in [3.63, 3.8) is 0 Å². The zero-order chi connectivity index (χ0) is 20.6. The highest BCUT2D eigenvalue weighted by Crippen LogP contribution is 2.42. The lowest BCUT2D eigenvalue weighted by molar-refractivity contribution is 0.0433. The fourth-order valence-electron chi connectivity index (χ4n) is 4.99. The summed E-state index contributed by atoms with van der Waals surface area (Å²) in [4.78, 5) is 14.7. The highest BCUT2D eigenvalue weighted by Gasteiger charge is 2.51. The van der Waals surface area contributed by atoms with Crippen LogP contribution in [0.2, 0.25) is 5.02 Å². The lowest BCUT2D eigenvalue weighted by Gasteiger charge is -2.52. The Kier molecular flexibility index (Phi) is 3.71. The van der Waals surface area contributed by atoms with Gasteiger partial charge in [0.15, 0.2) is 5.65 Å². The predicted octanol–water partition coefficient (Wildman–Crippen LogP) is 3.57. The highest BCUT2D eigenvalue weighted by atomic mass is 35.5. The maximum Gasteiger partial charge on any atom is 0.159 e. The molecule has 7 nitrogen and oxygen atoms in total. The molecule has 0 radical (unpaired) electrons. The number of hydrogen-bond donors (Lipinski definition) is 2. The molecule has 9 heteroatoms. The number of anilines is 1. The van der Waals surface area contributed by atoms with E-state index in [1.54, 1.807) is 10.9 Å². The molecular formula is C21H21ClFN7. The molecule has 3 aliphatic rings. The number of aromatic nitrogens is 5. The van der Waals surface area contributed by atoms with Crippen LogP contribution < -0.4 is 10.6 Å². The van der Waals surface area contributed by atoms with Crippen LogP contribution in [0, 0.1) is 0 Å². The van der Waals surface area contributed by atoms with Gasteiger partial charge in [0.25, 0.3) is 0 Å². The zero-order valence-corrected chi connectivity index (χ0v) is 17.2. The summed E-state index contributed by atoms with van der Waals surface area (Å²) in [5, 5.41) is 5.93. The lowest BCUT2D eigenvalue weighted by Crippen LogP contribution is -2.65. The van der Waals surface area contributed by atoms with Gasteiger partial charge in [-0.3, -0.25) is 4.68 Å². The van der Waals surface area contributed by atoms with E-state index < -0.39 is 11.7 Å². The first-order valence-corrected chi connectivity index (χ1v) is 10.5. The summed E-state index contributed by atoms with van der Waals surface area (Å²) in [6.07, 6.45) is 7.46. The van der Waals surface area contributed by atoms with Crippen molar-refractivity contribution in [2.45, 2.75) is 37.0 Å². The number of rotatable bonds is 2. The smallest absolute Gasteiger partial charge is 0.159 e. The number of nitrogens with one attached hydrogen (secondary N) is 1. The summed E-state index contributed by atoms with van der Waals surface area (Å²) >= 11 is 6.69. The van der Waals surface area contributed by atoms with Crippen LogP contribution in [-0.2, 0) is 7.05 Å². The van der Waals surface area contributed by atoms with E-state index in [9.17, 15) is 0 Å². The zero-order valence-electron chi connectivity index (χ0n) is 16.4. The Balaban J connectivity index is 1.41. The first-order valence-electron chi connectivity index (χ1n) is 10.1. The molecular weight excluding hydrogens is 405 g/mol. The number of benzene rings is 1. The molecule has 5 heterocycles. The van der Waals surface area contributed by atoms with Gasteiger partial charge in [-0.25, -0.2) is 14.4 Å². The van der Waals surface area contributed by atoms with Gasteiger partial charge in [0, 0.05) is 48.0 Å². The number of nitrogens with two attached hydrogens (primary N) is 1. The summed E-state index contributed by atoms with van der Waals surface area (Å²) < 4.78 is 16.9. The van der Waals surface area contributed by atoms with Crippen molar-refractivity contribution in [1.29, 1.82) is 0 Å². The maximum atomic E-state index is 15.1. The summed E-state index contributed by atoms with van der Waals surface area (Å²) in [5.74, 6) is 0.684. The van der Waals surface area contributed by atoms with Crippen molar-refractivity contribution >= 4 is 39.5 Å². The lowest BCUT2D eigenvalue weighted by atomic mass is 9.74. The molecule has 30 heavy (non-hydrogen) atoms. The molecule has 3 fully saturated rings. The van der Waals surface area contributed by atoms with Crippen molar-refractivity contribution in [2.75, 3.05) is 11.4 Å². The minimum Gasteiger partial charge on any atom is -0.349 e. The van der Waals surface area contributed by atoms with Gasteiger partial charge in [-0.15, -0.1) is 0 Å². The van der Waals surface area contributed by atoms with E-state index >= 15 is 4.39 Å². The van der Waals surface area contributed by atoms with Gasteiger partial charge >= 0.3 is 0 Å². The number of fused-ring (bicyclic) bond motifs is 5. The first kappa shape index (κ1) is 18.1. The molecule has 1 aromatic carbocycles. The molecule has 2 saturated heterocycles. The SMILES string of the molecule is Cn1cc2c(Cl)c(-c3c[nH]c4nc(N5C[C@]6(F)CC[C@H]5C[C@H]6N)cnc34)ccc2n1. The van der Waals surface area contributed by atoms with E-state index in [0.29, 0.717) is 29.3 Å². The Morgan fingerprint density at radius 1 is 1.33 bits per heavy atom. The van der Waals surface area contributed by atoms with E-state index in [-0.39, 0.29) is 12.6 Å². The molecule has 2 aliphatic heterocycles. The van der Waals surface area contributed by atoms with Crippen molar-refractivity contribution in [3.05, 3.63) is 35.7 Å². The van der Waals surface area contributed by atoms with Gasteiger partial charge in [0.05, 0.1) is 23.3 Å². The van der Waals surface area contributed by atoms with Crippen LogP contribution in [0.1, 0.15) is 19.3 Å². The van der Waals surface area contributed by atoms with Gasteiger partial charge in [-0.2, -0.15) is 5.10 Å². The van der Waals surface area contributed by atoms with Gasteiger partial charge in [-0.05, 0) is 25.3 Å². The Hall–Kier alpha value is -2.71. The molecule has 7 rings (SSSR count). The molecule has 4 aromatic rings. The predicted molar refractivity (Wildman–Crippen MR) is 115 cm³/mol. The molecule has 0 spiro atoms. The van der Waals surface area contributed by atoms with Crippen LogP contribution in [0.15, 0.2) is 30.7 Å². The molecule has 1 aliphatic carbocycles. The minimum absolute atomic E-state index is 0.209. The Morgan fingerprint density at radius 2 is 2.20 bits per heavy atom. The van der Waals surface area contributed by atoms with E-state index in [0.717, 1.165) is 34.0 Å². The molecule has 2 bridgehead atoms. The van der Waals surface area contributed by atoms with E-state index in [1.807, 2.05) is 36.5 Å². The second kappa shape index (κ2) is 6.15. The standard InChI is InChI=1S/C21H21ClFN7/c1-29-9-14-15(28-29)3-2-12(18(14)22)13-7-26-20-19(13)25-8-17(27-20)30-10-21(23)5-4-11(30)6-16(21)24/h2-3,7-9,11,16H,4-6,10,24H2,1H3,(H,26,27)/t11-,16+,21+/m0/s1. The number of alkyl halides is 1. The van der Waals surface area contributed by atoms with Crippen molar-refractivity contribution in [3.8, 4) is 11.1 Å². The second-order valence-corrected chi connectivity index (χ2v) is 8.87. The van der Waals surface area contributed by atoms with Crippen LogP contribution in [-0.4, -0.2) is 49.0 Å². The third-order valence-corrected chi connectivity index (χ3v) is 7.06. The third kappa shape index (κ3) is 2.50. The van der Waals surface area contributed by atoms with E-state index in [1.165, 1.54) is 0 Å². The van der Waals surface area contributed by atoms with Crippen molar-refractivity contribution in [1.82, 2.24) is 24.7 Å². The maximum absolute atomic E-state index is 15.1. The molecule has 0 unspecified atom stereocenters. The number of nitrogens with zero attached hydrogens (tertiary/aromatic N) is 5. The van der Waals surface area contributed by atoms with Gasteiger partial charge < -0.3 is 15.6 Å². The molecule has 3 aromatic heterocycles. The molecule has 154 valence electrons. The van der Waals surface area contributed by atoms with Crippen LogP contribution in [0.4, 0.5) is 10.2 Å². The fraction of sp³-hybridized carbons (Fsp3) is 0.381. The van der Waals surface area contributed by atoms with Gasteiger partial charge in [0.2, 0.25) is 0 Å².